The Morgan fingerprint density at radius 1 is 1.38 bits per heavy atom. The Morgan fingerprint density at radius 3 is 2.85 bits per heavy atom. The van der Waals surface area contributed by atoms with Crippen LogP contribution < -0.4 is 0 Å². The van der Waals surface area contributed by atoms with Crippen molar-refractivity contribution in [2.24, 2.45) is 34.2 Å². The van der Waals surface area contributed by atoms with Crippen LogP contribution in [-0.4, -0.2) is 10.9 Å². The van der Waals surface area contributed by atoms with Crippen molar-refractivity contribution in [3.8, 4) is 0 Å². The van der Waals surface area contributed by atoms with Crippen molar-refractivity contribution >= 4 is 5.71 Å². The smallest absolute Gasteiger partial charge is 0.0607 e. The van der Waals surface area contributed by atoms with Crippen LogP contribution >= 0.6 is 0 Å². The van der Waals surface area contributed by atoms with Gasteiger partial charge in [0.05, 0.1) is 5.71 Å². The highest BCUT2D eigenvalue weighted by atomic mass is 16.4. The average Bonchev–Trinajstić information content (AvgIpc) is 2.76. The van der Waals surface area contributed by atoms with E-state index in [0.29, 0.717) is 5.92 Å². The van der Waals surface area contributed by atoms with E-state index < -0.39 is 0 Å². The fourth-order valence-electron chi connectivity index (χ4n) is 4.74. The van der Waals surface area contributed by atoms with Crippen LogP contribution in [0.25, 0.3) is 0 Å². The number of rotatable bonds is 0. The highest BCUT2D eigenvalue weighted by molar-refractivity contribution is 5.90. The Kier molecular flexibility index (Phi) is 0.946. The minimum Gasteiger partial charge on any atom is -0.411 e. The highest BCUT2D eigenvalue weighted by Crippen LogP contribution is 2.76. The summed E-state index contributed by atoms with van der Waals surface area (Å²) in [6, 6.07) is 0. The molecule has 0 aromatic rings. The molecule has 4 aliphatic carbocycles. The lowest BCUT2D eigenvalue weighted by molar-refractivity contribution is 0.0265. The maximum absolute atomic E-state index is 8.85. The molecular formula is C11H15NO. The van der Waals surface area contributed by atoms with Crippen molar-refractivity contribution in [1.82, 2.24) is 0 Å². The topological polar surface area (TPSA) is 32.6 Å². The molecule has 70 valence electrons. The van der Waals surface area contributed by atoms with Crippen LogP contribution in [0.15, 0.2) is 5.16 Å². The quantitative estimate of drug-likeness (QED) is 0.447. The number of hydrogen-bond donors (Lipinski definition) is 1. The zero-order valence-electron chi connectivity index (χ0n) is 7.74. The van der Waals surface area contributed by atoms with Gasteiger partial charge >= 0.3 is 0 Å². The monoisotopic (exact) mass is 177 g/mol. The van der Waals surface area contributed by atoms with Crippen LogP contribution in [0.3, 0.4) is 0 Å². The third kappa shape index (κ3) is 0.598. The average molecular weight is 177 g/mol. The Bertz CT molecular complexity index is 303. The van der Waals surface area contributed by atoms with Gasteiger partial charge < -0.3 is 5.21 Å². The molecule has 0 heterocycles. The lowest BCUT2D eigenvalue weighted by Gasteiger charge is -2.48. The number of hydrogen-bond acceptors (Lipinski definition) is 2. The van der Waals surface area contributed by atoms with E-state index >= 15 is 0 Å². The molecule has 2 bridgehead atoms. The van der Waals surface area contributed by atoms with E-state index in [1.54, 1.807) is 0 Å². The molecule has 4 unspecified atom stereocenters. The van der Waals surface area contributed by atoms with Gasteiger partial charge in [-0.2, -0.15) is 0 Å². The van der Waals surface area contributed by atoms with Crippen molar-refractivity contribution in [3.63, 3.8) is 0 Å². The Morgan fingerprint density at radius 2 is 2.23 bits per heavy atom. The molecule has 2 heteroatoms. The van der Waals surface area contributed by atoms with E-state index in [1.165, 1.54) is 25.7 Å². The van der Waals surface area contributed by atoms with Gasteiger partial charge in [-0.1, -0.05) is 5.16 Å². The van der Waals surface area contributed by atoms with Crippen molar-refractivity contribution < 1.29 is 5.21 Å². The molecule has 13 heavy (non-hydrogen) atoms. The summed E-state index contributed by atoms with van der Waals surface area (Å²) < 4.78 is 0. The largest absolute Gasteiger partial charge is 0.411 e. The zero-order valence-corrected chi connectivity index (χ0v) is 7.74. The molecule has 4 atom stereocenters. The predicted molar refractivity (Wildman–Crippen MR) is 48.7 cm³/mol. The number of oxime groups is 1. The predicted octanol–water partition coefficient (Wildman–Crippen LogP) is 2.27. The minimum absolute atomic E-state index is 0.686. The zero-order chi connectivity index (χ0) is 8.63. The summed E-state index contributed by atoms with van der Waals surface area (Å²) in [6.07, 6.45) is 6.92. The third-order valence-corrected chi connectivity index (χ3v) is 5.31. The first kappa shape index (κ1) is 6.86. The standard InChI is InChI=1S/C11H15NO/c13-12-9-4-6-3-7(9)8-5-11(1-2-11)10(6)8/h6-8,10,13H,1-5H2. The van der Waals surface area contributed by atoms with E-state index in [0.717, 1.165) is 35.3 Å². The molecule has 0 radical (unpaired) electrons. The lowest BCUT2D eigenvalue weighted by atomic mass is 9.56. The summed E-state index contributed by atoms with van der Waals surface area (Å²) in [5.41, 5.74) is 1.95. The molecule has 0 aliphatic heterocycles. The van der Waals surface area contributed by atoms with Gasteiger partial charge in [0.25, 0.3) is 0 Å². The van der Waals surface area contributed by atoms with Gasteiger partial charge in [-0.3, -0.25) is 0 Å². The van der Waals surface area contributed by atoms with Crippen LogP contribution in [0, 0.1) is 29.1 Å². The van der Waals surface area contributed by atoms with Crippen LogP contribution in [0.4, 0.5) is 0 Å². The summed E-state index contributed by atoms with van der Waals surface area (Å²) >= 11 is 0. The van der Waals surface area contributed by atoms with Crippen molar-refractivity contribution in [3.05, 3.63) is 0 Å². The van der Waals surface area contributed by atoms with Crippen LogP contribution in [0.1, 0.15) is 32.1 Å². The van der Waals surface area contributed by atoms with Crippen LogP contribution in [0.2, 0.25) is 0 Å². The molecule has 1 N–H and O–H groups in total. The van der Waals surface area contributed by atoms with E-state index in [2.05, 4.69) is 5.16 Å². The molecule has 4 aliphatic rings. The molecule has 4 rings (SSSR count). The summed E-state index contributed by atoms with van der Waals surface area (Å²) in [5.74, 6) is 3.55. The summed E-state index contributed by atoms with van der Waals surface area (Å²) in [6.45, 7) is 0. The van der Waals surface area contributed by atoms with Gasteiger partial charge in [-0.25, -0.2) is 0 Å². The minimum atomic E-state index is 0.686. The van der Waals surface area contributed by atoms with E-state index in [9.17, 15) is 0 Å². The normalized spacial score (nSPS) is 56.8. The molecule has 0 saturated heterocycles. The van der Waals surface area contributed by atoms with E-state index in [-0.39, 0.29) is 0 Å². The fourth-order valence-corrected chi connectivity index (χ4v) is 4.74. The second kappa shape index (κ2) is 1.79. The number of nitrogens with zero attached hydrogens (tertiary/aromatic N) is 1. The van der Waals surface area contributed by atoms with E-state index in [4.69, 9.17) is 5.21 Å². The molecule has 0 amide bonds. The molecule has 4 saturated carbocycles. The molecule has 2 nitrogen and oxygen atoms in total. The first-order valence-corrected chi connectivity index (χ1v) is 5.55. The second-order valence-corrected chi connectivity index (χ2v) is 5.65. The molecular weight excluding hydrogens is 162 g/mol. The van der Waals surface area contributed by atoms with E-state index in [1.807, 2.05) is 0 Å². The highest BCUT2D eigenvalue weighted by Gasteiger charge is 2.70. The van der Waals surface area contributed by atoms with Crippen molar-refractivity contribution in [1.29, 1.82) is 0 Å². The van der Waals surface area contributed by atoms with Crippen molar-refractivity contribution in [2.45, 2.75) is 32.1 Å². The second-order valence-electron chi connectivity index (χ2n) is 5.65. The van der Waals surface area contributed by atoms with Crippen molar-refractivity contribution in [2.75, 3.05) is 0 Å². The molecule has 1 spiro atoms. The lowest BCUT2D eigenvalue weighted by Crippen LogP contribution is -2.45. The van der Waals surface area contributed by atoms with Gasteiger partial charge in [-0.15, -0.1) is 0 Å². The van der Waals surface area contributed by atoms with Gasteiger partial charge in [-0.05, 0) is 55.3 Å². The first-order chi connectivity index (χ1) is 6.34. The molecule has 0 aromatic heterocycles. The molecule has 4 fully saturated rings. The van der Waals surface area contributed by atoms with Gasteiger partial charge in [0.2, 0.25) is 0 Å². The SMILES string of the molecule is ON=C1CC2CC1C1CC3(CC3)C21. The summed E-state index contributed by atoms with van der Waals surface area (Å²) in [4.78, 5) is 0. The number of fused-ring (bicyclic) bond motifs is 6. The Labute approximate surface area is 78.0 Å². The third-order valence-electron chi connectivity index (χ3n) is 5.31. The fraction of sp³-hybridized carbons (Fsp3) is 0.909. The maximum atomic E-state index is 8.85. The maximum Gasteiger partial charge on any atom is 0.0607 e. The van der Waals surface area contributed by atoms with Gasteiger partial charge in [0.15, 0.2) is 0 Å². The van der Waals surface area contributed by atoms with Crippen LogP contribution in [-0.2, 0) is 0 Å². The Balaban J connectivity index is 1.70. The summed E-state index contributed by atoms with van der Waals surface area (Å²) in [7, 11) is 0. The van der Waals surface area contributed by atoms with Gasteiger partial charge in [0.1, 0.15) is 0 Å². The first-order valence-electron chi connectivity index (χ1n) is 5.55. The van der Waals surface area contributed by atoms with Gasteiger partial charge in [0, 0.05) is 5.92 Å². The molecule has 0 aromatic carbocycles. The Hall–Kier alpha value is -0.530. The summed E-state index contributed by atoms with van der Waals surface area (Å²) in [5, 5.41) is 12.3. The van der Waals surface area contributed by atoms with Crippen LogP contribution in [0.5, 0.6) is 0 Å².